The summed E-state index contributed by atoms with van der Waals surface area (Å²) >= 11 is 0. The average Bonchev–Trinajstić information content (AvgIpc) is 2.28. The van der Waals surface area contributed by atoms with Crippen LogP contribution in [0.2, 0.25) is 0 Å². The van der Waals surface area contributed by atoms with Gasteiger partial charge in [-0.1, -0.05) is 18.2 Å². The minimum atomic E-state index is -1.02. The Labute approximate surface area is 93.2 Å². The normalized spacial score (nSPS) is 10.6. The first-order chi connectivity index (χ1) is 7.74. The van der Waals surface area contributed by atoms with E-state index in [1.54, 1.807) is 24.3 Å². The first kappa shape index (κ1) is 12.2. The number of aliphatic carboxylic acids is 1. The van der Waals surface area contributed by atoms with Crippen molar-refractivity contribution in [3.8, 4) is 5.75 Å². The van der Waals surface area contributed by atoms with Gasteiger partial charge in [-0.25, -0.2) is 4.79 Å². The van der Waals surface area contributed by atoms with Crippen molar-refractivity contribution in [2.24, 2.45) is 0 Å². The highest BCUT2D eigenvalue weighted by Gasteiger charge is 1.99. The van der Waals surface area contributed by atoms with Gasteiger partial charge in [0.1, 0.15) is 5.75 Å². The van der Waals surface area contributed by atoms with E-state index in [1.165, 1.54) is 6.08 Å². The van der Waals surface area contributed by atoms with E-state index >= 15 is 0 Å². The second kappa shape index (κ2) is 6.61. The van der Waals surface area contributed by atoms with Crippen molar-refractivity contribution in [3.05, 3.63) is 35.9 Å². The zero-order chi connectivity index (χ0) is 11.8. The maximum atomic E-state index is 11.9. The van der Waals surface area contributed by atoms with Crippen LogP contribution in [0.25, 0.3) is 6.08 Å². The summed E-state index contributed by atoms with van der Waals surface area (Å²) in [7, 11) is 0. The molecule has 0 unspecified atom stereocenters. The van der Waals surface area contributed by atoms with Gasteiger partial charge in [-0.15, -0.1) is 0 Å². The highest BCUT2D eigenvalue weighted by molar-refractivity contribution is 5.85. The van der Waals surface area contributed by atoms with Crippen LogP contribution >= 0.6 is 0 Å². The van der Waals surface area contributed by atoms with Crippen LogP contribution < -0.4 is 4.74 Å². The number of halogens is 1. The van der Waals surface area contributed by atoms with Gasteiger partial charge in [-0.2, -0.15) is 0 Å². The molecule has 0 spiro atoms. The van der Waals surface area contributed by atoms with E-state index in [1.807, 2.05) is 0 Å². The first-order valence-electron chi connectivity index (χ1n) is 4.93. The number of hydrogen-bond acceptors (Lipinski definition) is 2. The number of para-hydroxylation sites is 1. The number of hydrogen-bond donors (Lipinski definition) is 1. The average molecular weight is 224 g/mol. The smallest absolute Gasteiger partial charge is 0.328 e. The lowest BCUT2D eigenvalue weighted by atomic mass is 10.2. The van der Waals surface area contributed by atoms with Gasteiger partial charge in [0.25, 0.3) is 0 Å². The van der Waals surface area contributed by atoms with E-state index in [9.17, 15) is 9.18 Å². The summed E-state index contributed by atoms with van der Waals surface area (Å²) in [6, 6.07) is 7.02. The molecule has 1 aromatic rings. The Bertz CT molecular complexity index is 374. The molecular weight excluding hydrogens is 211 g/mol. The highest BCUT2D eigenvalue weighted by Crippen LogP contribution is 2.19. The van der Waals surface area contributed by atoms with Gasteiger partial charge in [0.2, 0.25) is 0 Å². The van der Waals surface area contributed by atoms with Crippen LogP contribution in [0.4, 0.5) is 4.39 Å². The molecule has 0 aromatic heterocycles. The Kier molecular flexibility index (Phi) is 5.05. The predicted molar refractivity (Wildman–Crippen MR) is 59.2 cm³/mol. The van der Waals surface area contributed by atoms with Gasteiger partial charge in [-0.3, -0.25) is 4.39 Å². The van der Waals surface area contributed by atoms with Crippen molar-refractivity contribution >= 4 is 12.0 Å². The quantitative estimate of drug-likeness (QED) is 0.596. The molecule has 3 nitrogen and oxygen atoms in total. The Morgan fingerprint density at radius 2 is 2.19 bits per heavy atom. The molecule has 0 saturated carbocycles. The summed E-state index contributed by atoms with van der Waals surface area (Å²) in [5.74, 6) is -0.452. The molecule has 0 aliphatic rings. The van der Waals surface area contributed by atoms with Crippen LogP contribution in [0.15, 0.2) is 30.3 Å². The minimum absolute atomic E-state index is 0.286. The molecule has 4 heteroatoms. The number of carbonyl (C=O) groups is 1. The molecule has 0 aliphatic heterocycles. The van der Waals surface area contributed by atoms with Crippen molar-refractivity contribution in [2.45, 2.75) is 6.42 Å². The Morgan fingerprint density at radius 1 is 1.44 bits per heavy atom. The number of ether oxygens (including phenoxy) is 1. The summed E-state index contributed by atoms with van der Waals surface area (Å²) in [6.07, 6.45) is 2.82. The van der Waals surface area contributed by atoms with Crippen molar-refractivity contribution in [1.82, 2.24) is 0 Å². The van der Waals surface area contributed by atoms with Crippen molar-refractivity contribution in [2.75, 3.05) is 13.3 Å². The second-order valence-corrected chi connectivity index (χ2v) is 3.10. The predicted octanol–water partition coefficient (Wildman–Crippen LogP) is 2.52. The fourth-order valence-corrected chi connectivity index (χ4v) is 1.15. The highest BCUT2D eigenvalue weighted by atomic mass is 19.1. The molecule has 0 saturated heterocycles. The molecular formula is C12H13FO3. The van der Waals surface area contributed by atoms with E-state index in [0.29, 0.717) is 17.7 Å². The van der Waals surface area contributed by atoms with Gasteiger partial charge in [0, 0.05) is 18.1 Å². The fraction of sp³-hybridized carbons (Fsp3) is 0.250. The summed E-state index contributed by atoms with van der Waals surface area (Å²) in [5, 5.41) is 8.50. The SMILES string of the molecule is O=C(O)/C=C/c1ccccc1OCCCF. The maximum absolute atomic E-state index is 11.9. The first-order valence-corrected chi connectivity index (χ1v) is 4.93. The molecule has 0 bridgehead atoms. The molecule has 1 N–H and O–H groups in total. The third-order valence-electron chi connectivity index (χ3n) is 1.86. The largest absolute Gasteiger partial charge is 0.493 e. The monoisotopic (exact) mass is 224 g/mol. The van der Waals surface area contributed by atoms with Crippen LogP contribution in [0.1, 0.15) is 12.0 Å². The molecule has 0 radical (unpaired) electrons. The van der Waals surface area contributed by atoms with Gasteiger partial charge in [0.15, 0.2) is 0 Å². The lowest BCUT2D eigenvalue weighted by Crippen LogP contribution is -1.99. The minimum Gasteiger partial charge on any atom is -0.493 e. The second-order valence-electron chi connectivity index (χ2n) is 3.10. The number of rotatable bonds is 6. The van der Waals surface area contributed by atoms with Crippen LogP contribution in [-0.4, -0.2) is 24.4 Å². The van der Waals surface area contributed by atoms with Crippen molar-refractivity contribution in [3.63, 3.8) is 0 Å². The lowest BCUT2D eigenvalue weighted by Gasteiger charge is -2.07. The van der Waals surface area contributed by atoms with E-state index in [0.717, 1.165) is 6.08 Å². The van der Waals surface area contributed by atoms with Crippen LogP contribution in [0, 0.1) is 0 Å². The molecule has 1 aromatic carbocycles. The lowest BCUT2D eigenvalue weighted by molar-refractivity contribution is -0.131. The molecule has 16 heavy (non-hydrogen) atoms. The van der Waals surface area contributed by atoms with Crippen molar-refractivity contribution in [1.29, 1.82) is 0 Å². The molecule has 0 heterocycles. The van der Waals surface area contributed by atoms with E-state index in [4.69, 9.17) is 9.84 Å². The number of carboxylic acid groups (broad SMARTS) is 1. The van der Waals surface area contributed by atoms with Crippen LogP contribution in [0.5, 0.6) is 5.75 Å². The maximum Gasteiger partial charge on any atom is 0.328 e. The topological polar surface area (TPSA) is 46.5 Å². The molecule has 0 fully saturated rings. The Morgan fingerprint density at radius 3 is 2.88 bits per heavy atom. The zero-order valence-electron chi connectivity index (χ0n) is 8.73. The van der Waals surface area contributed by atoms with Gasteiger partial charge in [0.05, 0.1) is 13.3 Å². The molecule has 1 rings (SSSR count). The molecule has 86 valence electrons. The van der Waals surface area contributed by atoms with Gasteiger partial charge >= 0.3 is 5.97 Å². The van der Waals surface area contributed by atoms with E-state index in [2.05, 4.69) is 0 Å². The summed E-state index contributed by atoms with van der Waals surface area (Å²) in [4.78, 5) is 10.4. The van der Waals surface area contributed by atoms with E-state index in [-0.39, 0.29) is 6.61 Å². The number of benzene rings is 1. The Hall–Kier alpha value is -1.84. The summed E-state index contributed by atoms with van der Waals surface area (Å²) in [5.41, 5.74) is 0.670. The Balaban J connectivity index is 2.71. The third-order valence-corrected chi connectivity index (χ3v) is 1.86. The fourth-order valence-electron chi connectivity index (χ4n) is 1.15. The summed E-state index contributed by atoms with van der Waals surface area (Å²) in [6.45, 7) is -0.137. The molecule has 0 amide bonds. The summed E-state index contributed by atoms with van der Waals surface area (Å²) < 4.78 is 17.2. The van der Waals surface area contributed by atoms with Gasteiger partial charge < -0.3 is 9.84 Å². The van der Waals surface area contributed by atoms with Gasteiger partial charge in [-0.05, 0) is 12.1 Å². The van der Waals surface area contributed by atoms with Crippen LogP contribution in [-0.2, 0) is 4.79 Å². The van der Waals surface area contributed by atoms with Crippen LogP contribution in [0.3, 0.4) is 0 Å². The van der Waals surface area contributed by atoms with Crippen molar-refractivity contribution < 1.29 is 19.0 Å². The molecule has 0 atom stereocenters. The zero-order valence-corrected chi connectivity index (χ0v) is 8.73. The number of carboxylic acids is 1. The third kappa shape index (κ3) is 4.13. The standard InChI is InChI=1S/C12H13FO3/c13-8-3-9-16-11-5-2-1-4-10(11)6-7-12(14)15/h1-2,4-7H,3,8-9H2,(H,14,15)/b7-6+. The van der Waals surface area contributed by atoms with E-state index < -0.39 is 12.6 Å². The molecule has 0 aliphatic carbocycles. The number of alkyl halides is 1.